The van der Waals surface area contributed by atoms with E-state index in [0.717, 1.165) is 19.3 Å². The Hall–Kier alpha value is -2.96. The van der Waals surface area contributed by atoms with Crippen LogP contribution in [0.3, 0.4) is 0 Å². The summed E-state index contributed by atoms with van der Waals surface area (Å²) in [5.41, 5.74) is -0.274. The number of aliphatic carboxylic acids is 1. The number of amides is 2. The molecule has 1 spiro atoms. The number of imide groups is 1. The zero-order valence-electron chi connectivity index (χ0n) is 22.5. The Morgan fingerprint density at radius 3 is 2.42 bits per heavy atom. The van der Waals surface area contributed by atoms with E-state index in [1.165, 1.54) is 28.7 Å². The number of carbonyl (C=O) groups excluding carboxylic acids is 4. The third-order valence-electron chi connectivity index (χ3n) is 11.5. The third kappa shape index (κ3) is 3.02. The number of benzene rings is 1. The van der Waals surface area contributed by atoms with E-state index in [1.807, 2.05) is 6.92 Å². The first-order chi connectivity index (χ1) is 17.9. The van der Waals surface area contributed by atoms with Gasteiger partial charge in [-0.25, -0.2) is 4.90 Å². The zero-order valence-corrected chi connectivity index (χ0v) is 22.5. The van der Waals surface area contributed by atoms with E-state index in [4.69, 9.17) is 0 Å². The van der Waals surface area contributed by atoms with Gasteiger partial charge in [-0.2, -0.15) is 0 Å². The van der Waals surface area contributed by atoms with Gasteiger partial charge in [0.2, 0.25) is 11.8 Å². The average molecular weight is 518 g/mol. The van der Waals surface area contributed by atoms with Gasteiger partial charge in [-0.3, -0.25) is 9.59 Å². The minimum atomic E-state index is -1.36. The Morgan fingerprint density at radius 2 is 1.76 bits per heavy atom. The van der Waals surface area contributed by atoms with E-state index in [2.05, 4.69) is 26.8 Å². The second kappa shape index (κ2) is 8.03. The summed E-state index contributed by atoms with van der Waals surface area (Å²) in [4.78, 5) is 53.4. The lowest BCUT2D eigenvalue weighted by Gasteiger charge is -2.69. The van der Waals surface area contributed by atoms with E-state index in [1.54, 1.807) is 6.07 Å². The minimum Gasteiger partial charge on any atom is -0.550 e. The summed E-state index contributed by atoms with van der Waals surface area (Å²) in [7, 11) is 0. The van der Waals surface area contributed by atoms with Crippen molar-refractivity contribution in [2.75, 3.05) is 4.90 Å². The number of rotatable bonds is 4. The zero-order chi connectivity index (χ0) is 27.4. The van der Waals surface area contributed by atoms with E-state index in [-0.39, 0.29) is 52.2 Å². The highest BCUT2D eigenvalue weighted by atomic mass is 16.4. The number of carboxylic acids is 2. The number of carboxylic acid groups (broad SMARTS) is 2. The molecule has 1 aromatic rings. The first-order valence-electron chi connectivity index (χ1n) is 14.0. The highest BCUT2D eigenvalue weighted by molar-refractivity contribution is 6.23. The average Bonchev–Trinajstić information content (AvgIpc) is 3.15. The van der Waals surface area contributed by atoms with Gasteiger partial charge >= 0.3 is 0 Å². The number of nitrogens with zero attached hydrogens (tertiary/aromatic N) is 1. The second-order valence-electron chi connectivity index (χ2n) is 13.3. The molecule has 5 aliphatic carbocycles. The lowest BCUT2D eigenvalue weighted by atomic mass is 9.34. The molecular weight excluding hydrogens is 482 g/mol. The Bertz CT molecular complexity index is 1300. The largest absolute Gasteiger partial charge is 0.550 e. The molecule has 3 saturated carbocycles. The second-order valence-corrected chi connectivity index (χ2v) is 13.3. The summed E-state index contributed by atoms with van der Waals surface area (Å²) in [6.45, 7) is 8.34. The van der Waals surface area contributed by atoms with Crippen LogP contribution in [-0.2, 0) is 14.4 Å². The van der Waals surface area contributed by atoms with Crippen LogP contribution in [0.2, 0.25) is 0 Å². The van der Waals surface area contributed by atoms with Crippen LogP contribution in [0.25, 0.3) is 0 Å². The van der Waals surface area contributed by atoms with Crippen molar-refractivity contribution in [3.8, 4) is 0 Å². The van der Waals surface area contributed by atoms with Crippen molar-refractivity contribution < 1.29 is 29.4 Å². The molecule has 2 amide bonds. The van der Waals surface area contributed by atoms with Crippen molar-refractivity contribution in [1.29, 1.82) is 0 Å². The van der Waals surface area contributed by atoms with Gasteiger partial charge in [-0.05, 0) is 78.9 Å². The Balaban J connectivity index is 1.48. The molecule has 7 heteroatoms. The molecule has 1 heterocycles. The van der Waals surface area contributed by atoms with Gasteiger partial charge in [0.25, 0.3) is 0 Å². The van der Waals surface area contributed by atoms with Crippen LogP contribution in [0, 0.1) is 51.8 Å². The third-order valence-corrected chi connectivity index (χ3v) is 11.5. The summed E-state index contributed by atoms with van der Waals surface area (Å²) in [6.07, 6.45) is 6.76. The number of aromatic carboxylic acids is 1. The van der Waals surface area contributed by atoms with E-state index in [0.29, 0.717) is 19.3 Å². The molecule has 202 valence electrons. The molecule has 8 unspecified atom stereocenters. The topological polar surface area (TPSA) is 118 Å². The Morgan fingerprint density at radius 1 is 1.03 bits per heavy atom. The van der Waals surface area contributed by atoms with Crippen LogP contribution < -0.4 is 15.1 Å². The van der Waals surface area contributed by atoms with E-state index in [9.17, 15) is 29.4 Å². The SMILES string of the molecule is CC(C)C1=CC23CCC4C(C)(C(=O)[O-])CCCC4(C)C2CC1C1C(=O)N(c2cccc(C(=O)[O-])c2)C(=O)C13. The van der Waals surface area contributed by atoms with Crippen molar-refractivity contribution >= 4 is 29.4 Å². The van der Waals surface area contributed by atoms with Crippen LogP contribution in [0.15, 0.2) is 35.9 Å². The lowest BCUT2D eigenvalue weighted by Crippen LogP contribution is -2.66. The molecule has 1 aromatic carbocycles. The van der Waals surface area contributed by atoms with Crippen LogP contribution >= 0.6 is 0 Å². The predicted molar refractivity (Wildman–Crippen MR) is 135 cm³/mol. The van der Waals surface area contributed by atoms with Crippen LogP contribution in [0.1, 0.15) is 76.6 Å². The van der Waals surface area contributed by atoms with Gasteiger partial charge in [0.15, 0.2) is 0 Å². The van der Waals surface area contributed by atoms with Crippen molar-refractivity contribution in [3.05, 3.63) is 41.5 Å². The number of carbonyl (C=O) groups is 4. The summed E-state index contributed by atoms with van der Waals surface area (Å²) in [5.74, 6) is -3.67. The first-order valence-corrected chi connectivity index (χ1v) is 14.0. The molecule has 6 aliphatic rings. The predicted octanol–water partition coefficient (Wildman–Crippen LogP) is 2.73. The van der Waals surface area contributed by atoms with Crippen molar-refractivity contribution in [2.45, 2.75) is 66.2 Å². The summed E-state index contributed by atoms with van der Waals surface area (Å²) in [5, 5.41) is 23.9. The van der Waals surface area contributed by atoms with Crippen LogP contribution in [-0.4, -0.2) is 23.8 Å². The fourth-order valence-electron chi connectivity index (χ4n) is 9.97. The van der Waals surface area contributed by atoms with Gasteiger partial charge in [0.05, 0.1) is 23.5 Å². The number of fused-ring (bicyclic) bond motifs is 1. The number of hydrogen-bond acceptors (Lipinski definition) is 6. The number of hydrogen-bond donors (Lipinski definition) is 0. The maximum Gasteiger partial charge on any atom is 0.238 e. The van der Waals surface area contributed by atoms with E-state index < -0.39 is 34.6 Å². The fraction of sp³-hybridized carbons (Fsp3) is 0.613. The Labute approximate surface area is 223 Å². The molecule has 0 radical (unpaired) electrons. The Kier molecular flexibility index (Phi) is 5.35. The van der Waals surface area contributed by atoms with Gasteiger partial charge in [0.1, 0.15) is 0 Å². The van der Waals surface area contributed by atoms with Crippen molar-refractivity contribution in [3.63, 3.8) is 0 Å². The monoisotopic (exact) mass is 517 g/mol. The quantitative estimate of drug-likeness (QED) is 0.448. The number of allylic oxidation sites excluding steroid dienone is 2. The maximum atomic E-state index is 14.3. The van der Waals surface area contributed by atoms with Crippen molar-refractivity contribution in [1.82, 2.24) is 0 Å². The summed E-state index contributed by atoms with van der Waals surface area (Å²) < 4.78 is 0. The molecule has 0 N–H and O–H groups in total. The van der Waals surface area contributed by atoms with E-state index >= 15 is 0 Å². The molecule has 8 atom stereocenters. The first kappa shape index (κ1) is 25.3. The highest BCUT2D eigenvalue weighted by Crippen LogP contribution is 2.74. The fourth-order valence-corrected chi connectivity index (χ4v) is 9.97. The number of anilines is 1. The van der Waals surface area contributed by atoms with Gasteiger partial charge in [-0.15, -0.1) is 0 Å². The lowest BCUT2D eigenvalue weighted by molar-refractivity contribution is -0.328. The smallest absolute Gasteiger partial charge is 0.238 e. The molecule has 7 nitrogen and oxygen atoms in total. The normalized spacial score (nSPS) is 41.4. The highest BCUT2D eigenvalue weighted by Gasteiger charge is 2.72. The van der Waals surface area contributed by atoms with Gasteiger partial charge in [-0.1, -0.05) is 57.9 Å². The minimum absolute atomic E-state index is 0.0406. The maximum absolute atomic E-state index is 14.3. The molecule has 1 aliphatic heterocycles. The van der Waals surface area contributed by atoms with Crippen LogP contribution in [0.4, 0.5) is 5.69 Å². The molecule has 38 heavy (non-hydrogen) atoms. The molecule has 0 aromatic heterocycles. The molecular formula is C31H35NO6-2. The van der Waals surface area contributed by atoms with Crippen molar-refractivity contribution in [2.24, 2.45) is 51.8 Å². The molecule has 7 rings (SSSR count). The molecule has 2 bridgehead atoms. The van der Waals surface area contributed by atoms with Crippen LogP contribution in [0.5, 0.6) is 0 Å². The molecule has 1 saturated heterocycles. The standard InChI is InChI=1S/C31H37NO6/c1-16(2)20-15-31-12-9-21-29(3,10-6-11-30(21,4)28(37)38)22(31)14-19(20)23-24(31)26(34)32(25(23)33)18-8-5-7-17(13-18)27(35)36/h5,7-8,13,15-16,19,21-24H,6,9-12,14H2,1-4H3,(H,35,36)(H,37,38)/p-2. The summed E-state index contributed by atoms with van der Waals surface area (Å²) in [6, 6.07) is 5.89. The summed E-state index contributed by atoms with van der Waals surface area (Å²) >= 11 is 0. The molecule has 4 fully saturated rings. The van der Waals surface area contributed by atoms with Gasteiger partial charge < -0.3 is 19.8 Å². The van der Waals surface area contributed by atoms with Gasteiger partial charge in [0, 0.05) is 16.8 Å².